The van der Waals surface area contributed by atoms with E-state index in [1.54, 1.807) is 0 Å². The van der Waals surface area contributed by atoms with Gasteiger partial charge < -0.3 is 5.11 Å². The second-order valence-electron chi connectivity index (χ2n) is 5.28. The number of nitrogens with zero attached hydrogens (tertiary/aromatic N) is 1. The topological polar surface area (TPSA) is 32.6 Å². The van der Waals surface area contributed by atoms with Gasteiger partial charge in [0, 0.05) is 11.1 Å². The molecular formula is C18H19NO. The summed E-state index contributed by atoms with van der Waals surface area (Å²) in [6.45, 7) is 0. The van der Waals surface area contributed by atoms with Gasteiger partial charge in [-0.25, -0.2) is 0 Å². The van der Waals surface area contributed by atoms with Gasteiger partial charge in [0.25, 0.3) is 0 Å². The number of rotatable bonds is 3. The van der Waals surface area contributed by atoms with E-state index in [0.29, 0.717) is 0 Å². The van der Waals surface area contributed by atoms with E-state index in [1.807, 2.05) is 36.4 Å². The molecule has 1 aliphatic rings. The van der Waals surface area contributed by atoms with Gasteiger partial charge in [-0.2, -0.15) is 0 Å². The first kappa shape index (κ1) is 13.1. The number of aliphatic hydroxyl groups is 1. The molecule has 0 spiro atoms. The first-order valence-electron chi connectivity index (χ1n) is 7.21. The molecule has 1 saturated carbocycles. The van der Waals surface area contributed by atoms with Crippen LogP contribution in [0.3, 0.4) is 0 Å². The third kappa shape index (κ3) is 2.81. The van der Waals surface area contributed by atoms with Crippen LogP contribution < -0.4 is 0 Å². The first-order valence-corrected chi connectivity index (χ1v) is 7.21. The second kappa shape index (κ2) is 6.02. The molecule has 1 aliphatic carbocycles. The van der Waals surface area contributed by atoms with Crippen LogP contribution in [-0.4, -0.2) is 23.0 Å². The molecule has 3 rings (SSSR count). The Kier molecular flexibility index (Phi) is 3.93. The van der Waals surface area contributed by atoms with Crippen LogP contribution in [-0.2, 0) is 0 Å². The van der Waals surface area contributed by atoms with Crippen molar-refractivity contribution in [2.45, 2.75) is 31.4 Å². The van der Waals surface area contributed by atoms with Crippen LogP contribution >= 0.6 is 0 Å². The molecule has 0 radical (unpaired) electrons. The average Bonchev–Trinajstić information content (AvgIpc) is 2.92. The Hall–Kier alpha value is -1.93. The van der Waals surface area contributed by atoms with Gasteiger partial charge in [0.15, 0.2) is 0 Å². The monoisotopic (exact) mass is 265 g/mol. The van der Waals surface area contributed by atoms with Crippen molar-refractivity contribution in [2.24, 2.45) is 4.99 Å². The second-order valence-corrected chi connectivity index (χ2v) is 5.28. The molecule has 2 aromatic rings. The molecule has 0 amide bonds. The van der Waals surface area contributed by atoms with Crippen molar-refractivity contribution in [2.75, 3.05) is 0 Å². The predicted octanol–water partition coefficient (Wildman–Crippen LogP) is 3.44. The number of hydrogen-bond acceptors (Lipinski definition) is 2. The molecule has 0 bridgehead atoms. The third-order valence-electron chi connectivity index (χ3n) is 3.83. The molecule has 1 N–H and O–H groups in total. The predicted molar refractivity (Wildman–Crippen MR) is 82.2 cm³/mol. The van der Waals surface area contributed by atoms with Crippen molar-refractivity contribution in [3.05, 3.63) is 71.8 Å². The molecular weight excluding hydrogens is 246 g/mol. The van der Waals surface area contributed by atoms with Gasteiger partial charge in [-0.05, 0) is 19.3 Å². The van der Waals surface area contributed by atoms with E-state index in [1.165, 1.54) is 0 Å². The number of hydrogen-bond donors (Lipinski definition) is 1. The lowest BCUT2D eigenvalue weighted by Gasteiger charge is -2.14. The summed E-state index contributed by atoms with van der Waals surface area (Å²) in [5.74, 6) is 0. The summed E-state index contributed by atoms with van der Waals surface area (Å²) in [4.78, 5) is 4.86. The summed E-state index contributed by atoms with van der Waals surface area (Å²) in [5.41, 5.74) is 3.20. The lowest BCUT2D eigenvalue weighted by Crippen LogP contribution is -2.19. The fourth-order valence-electron chi connectivity index (χ4n) is 2.75. The summed E-state index contributed by atoms with van der Waals surface area (Å²) in [7, 11) is 0. The van der Waals surface area contributed by atoms with E-state index < -0.39 is 0 Å². The van der Waals surface area contributed by atoms with Crippen LogP contribution in [0.25, 0.3) is 0 Å². The van der Waals surface area contributed by atoms with E-state index >= 15 is 0 Å². The Labute approximate surface area is 119 Å². The summed E-state index contributed by atoms with van der Waals surface area (Å²) in [5, 5.41) is 10.0. The smallest absolute Gasteiger partial charge is 0.0766 e. The Morgan fingerprint density at radius 1 is 0.850 bits per heavy atom. The molecule has 1 fully saturated rings. The molecule has 0 aromatic heterocycles. The van der Waals surface area contributed by atoms with Gasteiger partial charge in [0.05, 0.1) is 17.9 Å². The Bertz CT molecular complexity index is 535. The minimum atomic E-state index is -0.294. The zero-order chi connectivity index (χ0) is 13.8. The van der Waals surface area contributed by atoms with Crippen LogP contribution in [0.2, 0.25) is 0 Å². The van der Waals surface area contributed by atoms with Crippen LogP contribution in [0.5, 0.6) is 0 Å². The van der Waals surface area contributed by atoms with E-state index in [4.69, 9.17) is 4.99 Å². The number of aliphatic imine (C=N–C) groups is 1. The SMILES string of the molecule is O[C@@H]1CCC[C@H]1N=C(c1ccccc1)c1ccccc1. The maximum absolute atomic E-state index is 10.0. The Morgan fingerprint density at radius 2 is 1.40 bits per heavy atom. The molecule has 0 saturated heterocycles. The third-order valence-corrected chi connectivity index (χ3v) is 3.83. The highest BCUT2D eigenvalue weighted by atomic mass is 16.3. The van der Waals surface area contributed by atoms with Crippen LogP contribution in [0.15, 0.2) is 65.7 Å². The molecule has 0 aliphatic heterocycles. The maximum atomic E-state index is 10.0. The van der Waals surface area contributed by atoms with Crippen LogP contribution in [0.4, 0.5) is 0 Å². The van der Waals surface area contributed by atoms with Gasteiger partial charge in [-0.15, -0.1) is 0 Å². The molecule has 2 atom stereocenters. The molecule has 2 heteroatoms. The van der Waals surface area contributed by atoms with Crippen molar-refractivity contribution in [1.82, 2.24) is 0 Å². The highest BCUT2D eigenvalue weighted by molar-refractivity contribution is 6.12. The lowest BCUT2D eigenvalue weighted by atomic mass is 10.0. The van der Waals surface area contributed by atoms with Gasteiger partial charge in [0.2, 0.25) is 0 Å². The fraction of sp³-hybridized carbons (Fsp3) is 0.278. The van der Waals surface area contributed by atoms with Gasteiger partial charge in [0.1, 0.15) is 0 Å². The lowest BCUT2D eigenvalue weighted by molar-refractivity contribution is 0.166. The summed E-state index contributed by atoms with van der Waals surface area (Å²) in [6.07, 6.45) is 2.61. The minimum Gasteiger partial charge on any atom is -0.391 e. The van der Waals surface area contributed by atoms with Crippen LogP contribution in [0.1, 0.15) is 30.4 Å². The van der Waals surface area contributed by atoms with E-state index in [9.17, 15) is 5.11 Å². The van der Waals surface area contributed by atoms with E-state index in [0.717, 1.165) is 36.1 Å². The fourth-order valence-corrected chi connectivity index (χ4v) is 2.75. The standard InChI is InChI=1S/C18H19NO/c20-17-13-7-12-16(17)19-18(14-8-3-1-4-9-14)15-10-5-2-6-11-15/h1-6,8-11,16-17,20H,7,12-13H2/t16-,17-/m1/s1. The number of benzene rings is 2. The quantitative estimate of drug-likeness (QED) is 0.847. The van der Waals surface area contributed by atoms with Crippen molar-refractivity contribution in [3.8, 4) is 0 Å². The summed E-state index contributed by atoms with van der Waals surface area (Å²) in [6, 6.07) is 20.5. The van der Waals surface area contributed by atoms with Crippen molar-refractivity contribution in [1.29, 1.82) is 0 Å². The van der Waals surface area contributed by atoms with E-state index in [-0.39, 0.29) is 12.1 Å². The maximum Gasteiger partial charge on any atom is 0.0766 e. The zero-order valence-electron chi connectivity index (χ0n) is 11.4. The molecule has 2 nitrogen and oxygen atoms in total. The zero-order valence-corrected chi connectivity index (χ0v) is 11.4. The molecule has 102 valence electrons. The van der Waals surface area contributed by atoms with Gasteiger partial charge in [-0.1, -0.05) is 60.7 Å². The summed E-state index contributed by atoms with van der Waals surface area (Å²) >= 11 is 0. The highest BCUT2D eigenvalue weighted by Crippen LogP contribution is 2.24. The Balaban J connectivity index is 2.02. The van der Waals surface area contributed by atoms with Crippen molar-refractivity contribution >= 4 is 5.71 Å². The minimum absolute atomic E-state index is 0.0328. The van der Waals surface area contributed by atoms with Gasteiger partial charge in [-0.3, -0.25) is 4.99 Å². The van der Waals surface area contributed by atoms with Crippen molar-refractivity contribution < 1.29 is 5.11 Å². The van der Waals surface area contributed by atoms with Gasteiger partial charge >= 0.3 is 0 Å². The molecule has 2 aromatic carbocycles. The first-order chi connectivity index (χ1) is 9.84. The average molecular weight is 265 g/mol. The largest absolute Gasteiger partial charge is 0.391 e. The van der Waals surface area contributed by atoms with Crippen molar-refractivity contribution in [3.63, 3.8) is 0 Å². The molecule has 0 unspecified atom stereocenters. The highest BCUT2D eigenvalue weighted by Gasteiger charge is 2.25. The summed E-state index contributed by atoms with van der Waals surface area (Å²) < 4.78 is 0. The molecule has 0 heterocycles. The van der Waals surface area contributed by atoms with Crippen LogP contribution in [0, 0.1) is 0 Å². The molecule has 20 heavy (non-hydrogen) atoms. The normalized spacial score (nSPS) is 21.6. The van der Waals surface area contributed by atoms with E-state index in [2.05, 4.69) is 24.3 Å². The number of aliphatic hydroxyl groups excluding tert-OH is 1. The Morgan fingerprint density at radius 3 is 1.85 bits per heavy atom.